The van der Waals surface area contributed by atoms with Crippen molar-refractivity contribution in [2.75, 3.05) is 0 Å². The summed E-state index contributed by atoms with van der Waals surface area (Å²) < 4.78 is 0. The van der Waals surface area contributed by atoms with Gasteiger partial charge in [0, 0.05) is 10.7 Å². The molecule has 4 aliphatic rings. The molecule has 4 aliphatic heterocycles. The van der Waals surface area contributed by atoms with Crippen LogP contribution < -0.4 is 10.7 Å². The summed E-state index contributed by atoms with van der Waals surface area (Å²) in [5.41, 5.74) is 2.06. The van der Waals surface area contributed by atoms with Crippen LogP contribution in [-0.4, -0.2) is 38.7 Å². The first-order chi connectivity index (χ1) is 13.1. The molecular weight excluding hydrogens is 340 g/mol. The van der Waals surface area contributed by atoms with Crippen molar-refractivity contribution in [3.63, 3.8) is 0 Å². The van der Waals surface area contributed by atoms with Crippen molar-refractivity contribution >= 4 is 35.3 Å². The number of nitrogens with one attached hydrogen (secondary N) is 1. The maximum atomic E-state index is 11.9. The third-order valence-corrected chi connectivity index (χ3v) is 4.53. The monoisotopic (exact) mass is 354 g/mol. The summed E-state index contributed by atoms with van der Waals surface area (Å²) in [6.45, 7) is 0. The number of hydrogen-bond acceptors (Lipinski definition) is 4. The van der Waals surface area contributed by atoms with Crippen LogP contribution in [-0.2, 0) is 4.79 Å². The lowest BCUT2D eigenvalue weighted by Crippen LogP contribution is -2.31. The molecule has 0 spiro atoms. The van der Waals surface area contributed by atoms with E-state index in [2.05, 4.69) is 20.0 Å². The number of hydrogen-bond donors (Lipinski definition) is 2. The summed E-state index contributed by atoms with van der Waals surface area (Å²) in [4.78, 5) is 28.7. The second-order valence-electron chi connectivity index (χ2n) is 6.54. The molecule has 1 atom stereocenters. The highest BCUT2D eigenvalue weighted by Crippen LogP contribution is 2.26. The Morgan fingerprint density at radius 2 is 1.52 bits per heavy atom. The van der Waals surface area contributed by atoms with Crippen LogP contribution in [0.4, 0.5) is 0 Å². The molecule has 5 heterocycles. The summed E-state index contributed by atoms with van der Waals surface area (Å²) in [7, 11) is 0. The number of carboxylic acid groups (broad SMARTS) is 1. The third kappa shape index (κ3) is 2.77. The molecule has 2 N–H and O–H groups in total. The maximum absolute atomic E-state index is 11.9. The molecule has 5 rings (SSSR count). The molecule has 0 saturated heterocycles. The topological polar surface area (TPSA) is 90.2 Å². The minimum atomic E-state index is -1.45. The highest BCUT2D eigenvalue weighted by molar-refractivity contribution is 6.21. The zero-order valence-electron chi connectivity index (χ0n) is 14.1. The Kier molecular flexibility index (Phi) is 3.21. The van der Waals surface area contributed by atoms with Crippen LogP contribution in [0.25, 0.3) is 12.2 Å². The third-order valence-electron chi connectivity index (χ3n) is 4.53. The fourth-order valence-corrected chi connectivity index (χ4v) is 3.25. The van der Waals surface area contributed by atoms with Crippen LogP contribution >= 0.6 is 0 Å². The van der Waals surface area contributed by atoms with Crippen LogP contribution in [0.5, 0.6) is 0 Å². The Hall–Kier alpha value is -3.80. The van der Waals surface area contributed by atoms with E-state index in [1.165, 1.54) is 0 Å². The van der Waals surface area contributed by atoms with Crippen molar-refractivity contribution in [3.05, 3.63) is 82.8 Å². The van der Waals surface area contributed by atoms with Gasteiger partial charge in [0.15, 0.2) is 5.54 Å². The van der Waals surface area contributed by atoms with Gasteiger partial charge in [-0.25, -0.2) is 14.8 Å². The molecular formula is C21H14N4O2. The van der Waals surface area contributed by atoms with Crippen LogP contribution in [0, 0.1) is 0 Å². The summed E-state index contributed by atoms with van der Waals surface area (Å²) in [6, 6.07) is 3.87. The maximum Gasteiger partial charge on any atom is 0.339 e. The normalized spacial score (nSPS) is 29.0. The lowest BCUT2D eigenvalue weighted by molar-refractivity contribution is -0.139. The molecule has 0 aromatic carbocycles. The summed E-state index contributed by atoms with van der Waals surface area (Å²) in [5, 5.41) is 11.5. The molecule has 8 bridgehead atoms. The van der Waals surface area contributed by atoms with Crippen molar-refractivity contribution in [1.82, 2.24) is 4.98 Å². The van der Waals surface area contributed by atoms with Crippen molar-refractivity contribution in [2.45, 2.75) is 5.54 Å². The number of nitrogens with zero attached hydrogens (tertiary/aromatic N) is 3. The number of aromatic amines is 1. The number of allylic oxidation sites excluding steroid dienone is 6. The van der Waals surface area contributed by atoms with E-state index in [4.69, 9.17) is 0 Å². The average molecular weight is 354 g/mol. The van der Waals surface area contributed by atoms with E-state index in [1.807, 2.05) is 48.6 Å². The highest BCUT2D eigenvalue weighted by atomic mass is 16.4. The molecule has 0 aliphatic carbocycles. The van der Waals surface area contributed by atoms with E-state index >= 15 is 0 Å². The first-order valence-electron chi connectivity index (χ1n) is 8.47. The minimum Gasteiger partial charge on any atom is -0.479 e. The number of rotatable bonds is 1. The van der Waals surface area contributed by atoms with Crippen molar-refractivity contribution in [3.8, 4) is 0 Å². The van der Waals surface area contributed by atoms with Gasteiger partial charge in [-0.3, -0.25) is 4.99 Å². The number of aliphatic carboxylic acids is 1. The summed E-state index contributed by atoms with van der Waals surface area (Å²) in [5.74, 6) is -1.04. The largest absolute Gasteiger partial charge is 0.479 e. The smallest absolute Gasteiger partial charge is 0.339 e. The van der Waals surface area contributed by atoms with Gasteiger partial charge in [0.25, 0.3) is 0 Å². The molecule has 1 aromatic rings. The van der Waals surface area contributed by atoms with Gasteiger partial charge in [0.2, 0.25) is 0 Å². The quantitative estimate of drug-likeness (QED) is 0.794. The molecule has 27 heavy (non-hydrogen) atoms. The molecule has 1 unspecified atom stereocenters. The summed E-state index contributed by atoms with van der Waals surface area (Å²) >= 11 is 0. The van der Waals surface area contributed by atoms with Crippen LogP contribution in [0.15, 0.2) is 87.1 Å². The molecule has 130 valence electrons. The molecule has 0 saturated carbocycles. The Bertz CT molecular complexity index is 1250. The van der Waals surface area contributed by atoms with E-state index < -0.39 is 11.5 Å². The van der Waals surface area contributed by atoms with Gasteiger partial charge in [-0.1, -0.05) is 0 Å². The van der Waals surface area contributed by atoms with Gasteiger partial charge in [0.05, 0.1) is 28.5 Å². The molecule has 0 radical (unpaired) electrons. The van der Waals surface area contributed by atoms with Crippen LogP contribution in [0.1, 0.15) is 0 Å². The zero-order chi connectivity index (χ0) is 18.4. The number of carboxylic acids is 1. The van der Waals surface area contributed by atoms with E-state index in [-0.39, 0.29) is 0 Å². The number of carbonyl (C=O) groups is 1. The Labute approximate surface area is 154 Å². The standard InChI is InChI=1S/C21H14N4O2/c26-20(27)21-8-7-18(25-21)11-17-4-3-14(23-17)9-13-1-2-15(22-13)10-16-5-6-19(12-21)24-16/h1-12,23H,(H,26,27)/b14-9-,15-10-,17-11-,19-12?. The van der Waals surface area contributed by atoms with E-state index in [0.717, 1.165) is 27.8 Å². The molecule has 0 fully saturated rings. The number of H-pyrrole nitrogens is 1. The Morgan fingerprint density at radius 1 is 0.852 bits per heavy atom. The predicted octanol–water partition coefficient (Wildman–Crippen LogP) is 1.21. The van der Waals surface area contributed by atoms with E-state index in [0.29, 0.717) is 11.4 Å². The second-order valence-corrected chi connectivity index (χ2v) is 6.54. The van der Waals surface area contributed by atoms with Gasteiger partial charge in [-0.15, -0.1) is 0 Å². The predicted molar refractivity (Wildman–Crippen MR) is 105 cm³/mol. The number of aliphatic imine (C=N–C) groups is 3. The molecule has 1 aromatic heterocycles. The fraction of sp³-hybridized carbons (Fsp3) is 0.0476. The molecule has 0 amide bonds. The first kappa shape index (κ1) is 15.5. The van der Waals surface area contributed by atoms with Crippen LogP contribution in [0.2, 0.25) is 0 Å². The zero-order valence-corrected chi connectivity index (χ0v) is 14.1. The average Bonchev–Trinajstić information content (AvgIpc) is 3.39. The minimum absolute atomic E-state index is 0.561. The first-order valence-corrected chi connectivity index (χ1v) is 8.47. The van der Waals surface area contributed by atoms with Gasteiger partial charge >= 0.3 is 5.97 Å². The SMILES string of the molecule is O=C(O)C12C=CC(=N1)/C=c1/cc/c([nH]1)=C/C1=NC(=C\C3=NC(=C2)C=C3)/C=C1. The van der Waals surface area contributed by atoms with Gasteiger partial charge in [-0.2, -0.15) is 0 Å². The fourth-order valence-electron chi connectivity index (χ4n) is 3.25. The van der Waals surface area contributed by atoms with Crippen molar-refractivity contribution in [1.29, 1.82) is 0 Å². The second kappa shape index (κ2) is 5.60. The van der Waals surface area contributed by atoms with E-state index in [1.54, 1.807) is 24.3 Å². The van der Waals surface area contributed by atoms with Crippen molar-refractivity contribution < 1.29 is 9.90 Å². The lowest BCUT2D eigenvalue weighted by atomic mass is 10.0. The highest BCUT2D eigenvalue weighted by Gasteiger charge is 2.37. The van der Waals surface area contributed by atoms with Gasteiger partial charge in [-0.05, 0) is 72.9 Å². The molecule has 6 nitrogen and oxygen atoms in total. The lowest BCUT2D eigenvalue weighted by Gasteiger charge is -2.14. The van der Waals surface area contributed by atoms with Crippen molar-refractivity contribution in [2.24, 2.45) is 15.0 Å². The van der Waals surface area contributed by atoms with Gasteiger partial charge < -0.3 is 10.1 Å². The van der Waals surface area contributed by atoms with Gasteiger partial charge in [0.1, 0.15) is 0 Å². The molecule has 6 heteroatoms. The Morgan fingerprint density at radius 3 is 2.30 bits per heavy atom. The number of fused-ring (bicyclic) bond motifs is 5. The van der Waals surface area contributed by atoms with Crippen LogP contribution in [0.3, 0.4) is 0 Å². The Balaban J connectivity index is 1.74. The van der Waals surface area contributed by atoms with E-state index in [9.17, 15) is 9.90 Å². The number of aromatic nitrogens is 1. The summed E-state index contributed by atoms with van der Waals surface area (Å²) in [6.07, 6.45) is 18.0.